The van der Waals surface area contributed by atoms with Crippen molar-refractivity contribution in [1.82, 2.24) is 0 Å². The molecule has 0 fully saturated rings. The van der Waals surface area contributed by atoms with Gasteiger partial charge in [-0.2, -0.15) is 0 Å². The Hall–Kier alpha value is -7.52. The van der Waals surface area contributed by atoms with Crippen molar-refractivity contribution in [3.63, 3.8) is 0 Å². The van der Waals surface area contributed by atoms with Crippen LogP contribution in [-0.2, 0) is 10.8 Å². The number of benzene rings is 11. The molecule has 0 N–H and O–H groups in total. The van der Waals surface area contributed by atoms with Crippen LogP contribution in [0.25, 0.3) is 96.6 Å². The van der Waals surface area contributed by atoms with Crippen LogP contribution in [0.2, 0.25) is 0 Å². The average Bonchev–Trinajstić information content (AvgIpc) is 3.75. The average molecular weight is 890 g/mol. The van der Waals surface area contributed by atoms with Gasteiger partial charge in [0.1, 0.15) is 0 Å². The van der Waals surface area contributed by atoms with Crippen LogP contribution in [0.5, 0.6) is 0 Å². The molecule has 1 aliphatic rings. The molecule has 2 heteroatoms. The molecule has 1 aliphatic carbocycles. The lowest BCUT2D eigenvalue weighted by Gasteiger charge is -2.41. The molecule has 0 spiro atoms. The Morgan fingerprint density at radius 1 is 0.338 bits per heavy atom. The Kier molecular flexibility index (Phi) is 9.30. The van der Waals surface area contributed by atoms with Crippen molar-refractivity contribution in [2.45, 2.75) is 51.4 Å². The normalized spacial score (nSPS) is 14.3. The van der Waals surface area contributed by atoms with Crippen molar-refractivity contribution >= 4 is 91.7 Å². The number of rotatable bonds is 6. The molecule has 0 radical (unpaired) electrons. The first-order valence-corrected chi connectivity index (χ1v) is 24.9. The second-order valence-corrected chi connectivity index (χ2v) is 21.4. The van der Waals surface area contributed by atoms with E-state index in [-0.39, 0.29) is 10.8 Å². The van der Waals surface area contributed by atoms with Crippen LogP contribution in [0.1, 0.15) is 51.7 Å². The lowest BCUT2D eigenvalue weighted by atomic mass is 9.63. The standard InChI is InChI=1S/C66H51NS/c1-65(2)35-36-66(3,4)60-41-64-58(40-59(60)65)56-33-30-46(38-63(56)68-64)45-29-32-50-47(37-45)17-14-24-62(50)67(61-23-13-12-18-49(61)44-27-25-43(26-28-44)42-15-6-5-7-16-42)48-31-34-55-53-21-9-8-19-51(53)52-20-10-11-22-54(52)57(55)39-48/h5-34,37-41H,35-36H2,1-4H3. The summed E-state index contributed by atoms with van der Waals surface area (Å²) in [5, 5.41) is 12.8. The van der Waals surface area contributed by atoms with Gasteiger partial charge in [0.2, 0.25) is 0 Å². The van der Waals surface area contributed by atoms with Gasteiger partial charge in [0, 0.05) is 36.8 Å². The first kappa shape index (κ1) is 40.7. The maximum absolute atomic E-state index is 2.53. The zero-order valence-electron chi connectivity index (χ0n) is 39.0. The van der Waals surface area contributed by atoms with Gasteiger partial charge < -0.3 is 4.90 Å². The Labute approximate surface area is 402 Å². The van der Waals surface area contributed by atoms with Crippen molar-refractivity contribution in [1.29, 1.82) is 0 Å². The zero-order valence-corrected chi connectivity index (χ0v) is 39.8. The molecule has 0 amide bonds. The molecule has 0 saturated carbocycles. The largest absolute Gasteiger partial charge is 0.309 e. The summed E-state index contributed by atoms with van der Waals surface area (Å²) in [7, 11) is 0. The van der Waals surface area contributed by atoms with Gasteiger partial charge in [-0.05, 0) is 149 Å². The summed E-state index contributed by atoms with van der Waals surface area (Å²) < 4.78 is 2.74. The van der Waals surface area contributed by atoms with Crippen molar-refractivity contribution in [3.05, 3.63) is 223 Å². The molecule has 0 aliphatic heterocycles. The number of nitrogens with zero attached hydrogens (tertiary/aromatic N) is 1. The Morgan fingerprint density at radius 3 is 1.57 bits per heavy atom. The summed E-state index contributed by atoms with van der Waals surface area (Å²) in [6.45, 7) is 9.71. The first-order chi connectivity index (χ1) is 33.2. The van der Waals surface area contributed by atoms with Gasteiger partial charge in [0.05, 0.1) is 11.4 Å². The van der Waals surface area contributed by atoms with Crippen LogP contribution in [0.4, 0.5) is 17.1 Å². The number of thiophene rings is 1. The minimum Gasteiger partial charge on any atom is -0.309 e. The predicted octanol–water partition coefficient (Wildman–Crippen LogP) is 19.5. The third kappa shape index (κ3) is 6.57. The molecule has 12 aromatic rings. The molecule has 326 valence electrons. The Morgan fingerprint density at radius 2 is 0.853 bits per heavy atom. The second kappa shape index (κ2) is 15.5. The van der Waals surface area contributed by atoms with Gasteiger partial charge >= 0.3 is 0 Å². The summed E-state index contributed by atoms with van der Waals surface area (Å²) in [5.74, 6) is 0. The highest BCUT2D eigenvalue weighted by atomic mass is 32.1. The van der Waals surface area contributed by atoms with E-state index in [4.69, 9.17) is 0 Å². The van der Waals surface area contributed by atoms with E-state index >= 15 is 0 Å². The topological polar surface area (TPSA) is 3.24 Å². The molecule has 0 bridgehead atoms. The maximum Gasteiger partial charge on any atom is 0.0540 e. The minimum absolute atomic E-state index is 0.181. The van der Waals surface area contributed by atoms with Crippen molar-refractivity contribution in [2.24, 2.45) is 0 Å². The quantitative estimate of drug-likeness (QED) is 0.150. The number of hydrogen-bond acceptors (Lipinski definition) is 2. The van der Waals surface area contributed by atoms with E-state index in [0.717, 1.165) is 17.1 Å². The van der Waals surface area contributed by atoms with Gasteiger partial charge in [-0.25, -0.2) is 0 Å². The third-order valence-corrected chi connectivity index (χ3v) is 16.4. The van der Waals surface area contributed by atoms with Gasteiger partial charge in [-0.3, -0.25) is 0 Å². The van der Waals surface area contributed by atoms with E-state index in [0.29, 0.717) is 0 Å². The molecule has 68 heavy (non-hydrogen) atoms. The number of anilines is 3. The van der Waals surface area contributed by atoms with Crippen LogP contribution in [-0.4, -0.2) is 0 Å². The third-order valence-electron chi connectivity index (χ3n) is 15.3. The van der Waals surface area contributed by atoms with Crippen molar-refractivity contribution < 1.29 is 0 Å². The van der Waals surface area contributed by atoms with Crippen LogP contribution in [0.3, 0.4) is 0 Å². The SMILES string of the molecule is CC1(C)CCC(C)(C)c2cc3c(cc21)sc1cc(-c2ccc4c(N(c5ccc6c7ccccc7c7ccccc7c6c5)c5ccccc5-c5ccc(-c6ccccc6)cc5)cccc4c2)ccc13. The highest BCUT2D eigenvalue weighted by Crippen LogP contribution is 2.50. The van der Waals surface area contributed by atoms with Gasteiger partial charge in [0.25, 0.3) is 0 Å². The highest BCUT2D eigenvalue weighted by molar-refractivity contribution is 7.25. The van der Waals surface area contributed by atoms with E-state index in [1.54, 1.807) is 0 Å². The van der Waals surface area contributed by atoms with E-state index in [9.17, 15) is 0 Å². The summed E-state index contributed by atoms with van der Waals surface area (Å²) >= 11 is 1.94. The lowest BCUT2D eigenvalue weighted by Crippen LogP contribution is -2.33. The van der Waals surface area contributed by atoms with Gasteiger partial charge in [-0.1, -0.05) is 191 Å². The fourth-order valence-corrected chi connectivity index (χ4v) is 12.7. The fourth-order valence-electron chi connectivity index (χ4n) is 11.5. The highest BCUT2D eigenvalue weighted by Gasteiger charge is 2.37. The summed E-state index contributed by atoms with van der Waals surface area (Å²) in [6, 6.07) is 79.5. The molecule has 1 nitrogen and oxygen atoms in total. The summed E-state index contributed by atoms with van der Waals surface area (Å²) in [5.41, 5.74) is 14.1. The van der Waals surface area contributed by atoms with Crippen LogP contribution < -0.4 is 4.90 Å². The zero-order chi connectivity index (χ0) is 45.7. The van der Waals surface area contributed by atoms with E-state index in [1.165, 1.54) is 121 Å². The Balaban J connectivity index is 0.972. The monoisotopic (exact) mass is 889 g/mol. The molecule has 0 unspecified atom stereocenters. The van der Waals surface area contributed by atoms with Crippen LogP contribution in [0.15, 0.2) is 212 Å². The van der Waals surface area contributed by atoms with Crippen LogP contribution >= 0.6 is 11.3 Å². The molecule has 1 aromatic heterocycles. The summed E-state index contributed by atoms with van der Waals surface area (Å²) in [6.07, 6.45) is 2.44. The van der Waals surface area contributed by atoms with Gasteiger partial charge in [0.15, 0.2) is 0 Å². The van der Waals surface area contributed by atoms with Crippen molar-refractivity contribution in [2.75, 3.05) is 4.90 Å². The minimum atomic E-state index is 0.181. The molecule has 13 rings (SSSR count). The molecule has 1 heterocycles. The van der Waals surface area contributed by atoms with E-state index in [2.05, 4.69) is 245 Å². The molecule has 0 atom stereocenters. The van der Waals surface area contributed by atoms with Crippen molar-refractivity contribution in [3.8, 4) is 33.4 Å². The Bertz CT molecular complexity index is 3930. The first-order valence-electron chi connectivity index (χ1n) is 24.1. The lowest BCUT2D eigenvalue weighted by molar-refractivity contribution is 0.332. The predicted molar refractivity (Wildman–Crippen MR) is 296 cm³/mol. The maximum atomic E-state index is 2.53. The molecule has 0 saturated heterocycles. The fraction of sp³-hybridized carbons (Fsp3) is 0.121. The molecular formula is C66H51NS. The second-order valence-electron chi connectivity index (χ2n) is 20.3. The smallest absolute Gasteiger partial charge is 0.0540 e. The number of fused-ring (bicyclic) bond motifs is 11. The van der Waals surface area contributed by atoms with E-state index < -0.39 is 0 Å². The molecule has 11 aromatic carbocycles. The number of para-hydroxylation sites is 1. The number of hydrogen-bond donors (Lipinski definition) is 0. The molecular weight excluding hydrogens is 839 g/mol. The van der Waals surface area contributed by atoms with Gasteiger partial charge in [-0.15, -0.1) is 11.3 Å². The van der Waals surface area contributed by atoms with E-state index in [1.807, 2.05) is 11.3 Å². The van der Waals surface area contributed by atoms with Crippen LogP contribution in [0, 0.1) is 0 Å². The summed E-state index contributed by atoms with van der Waals surface area (Å²) in [4.78, 5) is 2.50.